The number of carbonyl (C=O) groups excluding carboxylic acids is 2. The minimum atomic E-state index is -0.112. The van der Waals surface area contributed by atoms with Gasteiger partial charge in [0.05, 0.1) is 4.87 Å². The van der Waals surface area contributed by atoms with E-state index in [0.717, 1.165) is 56.6 Å². The van der Waals surface area contributed by atoms with Crippen LogP contribution in [0.3, 0.4) is 0 Å². The molecule has 0 atom stereocenters. The number of amides is 2. The summed E-state index contributed by atoms with van der Waals surface area (Å²) < 4.78 is 0. The van der Waals surface area contributed by atoms with Crippen LogP contribution in [-0.2, 0) is 4.79 Å². The van der Waals surface area contributed by atoms with E-state index in [1.165, 1.54) is 12.8 Å². The lowest BCUT2D eigenvalue weighted by Gasteiger charge is -2.44. The average molecular weight is 359 g/mol. The second-order valence-electron chi connectivity index (χ2n) is 7.42. The second-order valence-corrected chi connectivity index (χ2v) is 8.88. The van der Waals surface area contributed by atoms with Crippen molar-refractivity contribution in [2.45, 2.75) is 43.4 Å². The monoisotopic (exact) mass is 358 g/mol. The zero-order valence-electron chi connectivity index (χ0n) is 14.7. The number of piperidine rings is 1. The summed E-state index contributed by atoms with van der Waals surface area (Å²) in [5.41, 5.74) is 0.772. The van der Waals surface area contributed by atoms with Crippen LogP contribution in [0.5, 0.6) is 0 Å². The van der Waals surface area contributed by atoms with Crippen molar-refractivity contribution in [2.24, 2.45) is 5.92 Å². The molecule has 5 heteroatoms. The molecule has 2 aliphatic heterocycles. The summed E-state index contributed by atoms with van der Waals surface area (Å²) >= 11 is 1.91. The van der Waals surface area contributed by atoms with E-state index in [9.17, 15) is 9.59 Å². The Morgan fingerprint density at radius 2 is 1.68 bits per heavy atom. The van der Waals surface area contributed by atoms with Crippen LogP contribution in [0.15, 0.2) is 30.3 Å². The second kappa shape index (κ2) is 7.02. The van der Waals surface area contributed by atoms with E-state index in [4.69, 9.17) is 0 Å². The van der Waals surface area contributed by atoms with Gasteiger partial charge in [-0.15, -0.1) is 11.8 Å². The van der Waals surface area contributed by atoms with E-state index in [2.05, 4.69) is 9.80 Å². The fourth-order valence-corrected chi connectivity index (χ4v) is 6.01. The first-order chi connectivity index (χ1) is 12.2. The van der Waals surface area contributed by atoms with E-state index in [0.29, 0.717) is 5.91 Å². The Labute approximate surface area is 153 Å². The summed E-state index contributed by atoms with van der Waals surface area (Å²) in [5, 5.41) is 0. The van der Waals surface area contributed by atoms with Crippen LogP contribution in [-0.4, -0.2) is 51.9 Å². The lowest BCUT2D eigenvalue weighted by molar-refractivity contribution is -0.137. The van der Waals surface area contributed by atoms with Crippen LogP contribution in [0.1, 0.15) is 48.9 Å². The van der Waals surface area contributed by atoms with Gasteiger partial charge in [0, 0.05) is 36.9 Å². The van der Waals surface area contributed by atoms with Gasteiger partial charge in [-0.05, 0) is 37.8 Å². The molecule has 4 rings (SSSR count). The highest BCUT2D eigenvalue weighted by Gasteiger charge is 2.47. The molecule has 3 fully saturated rings. The van der Waals surface area contributed by atoms with E-state index >= 15 is 0 Å². The fraction of sp³-hybridized carbons (Fsp3) is 0.600. The largest absolute Gasteiger partial charge is 0.342 e. The molecule has 2 heterocycles. The van der Waals surface area contributed by atoms with Gasteiger partial charge in [0.15, 0.2) is 0 Å². The molecular weight excluding hydrogens is 332 g/mol. The number of nitrogens with zero attached hydrogens (tertiary/aromatic N) is 2. The molecule has 1 spiro atoms. The van der Waals surface area contributed by atoms with Crippen LogP contribution in [0.25, 0.3) is 0 Å². The number of carbonyl (C=O) groups is 2. The van der Waals surface area contributed by atoms with Crippen molar-refractivity contribution >= 4 is 23.6 Å². The molecule has 25 heavy (non-hydrogen) atoms. The average Bonchev–Trinajstić information content (AvgIpc) is 3.32. The Morgan fingerprint density at radius 1 is 1.00 bits per heavy atom. The molecule has 2 saturated heterocycles. The first-order valence-corrected chi connectivity index (χ1v) is 10.5. The highest BCUT2D eigenvalue weighted by atomic mass is 32.2. The van der Waals surface area contributed by atoms with Gasteiger partial charge in [0.1, 0.15) is 0 Å². The van der Waals surface area contributed by atoms with Crippen molar-refractivity contribution in [3.8, 4) is 0 Å². The summed E-state index contributed by atoms with van der Waals surface area (Å²) in [7, 11) is 0. The van der Waals surface area contributed by atoms with Gasteiger partial charge in [-0.1, -0.05) is 31.0 Å². The summed E-state index contributed by atoms with van der Waals surface area (Å²) in [6, 6.07) is 9.59. The van der Waals surface area contributed by atoms with Crippen LogP contribution >= 0.6 is 11.8 Å². The van der Waals surface area contributed by atoms with E-state index in [1.54, 1.807) is 0 Å². The third-order valence-electron chi connectivity index (χ3n) is 6.00. The Bertz CT molecular complexity index is 634. The number of rotatable bonds is 2. The quantitative estimate of drug-likeness (QED) is 0.814. The maximum atomic E-state index is 13.0. The molecular formula is C20H26N2O2S. The predicted molar refractivity (Wildman–Crippen MR) is 100 cm³/mol. The maximum Gasteiger partial charge on any atom is 0.254 e. The molecule has 1 aromatic carbocycles. The van der Waals surface area contributed by atoms with Gasteiger partial charge in [-0.25, -0.2) is 0 Å². The van der Waals surface area contributed by atoms with Crippen molar-refractivity contribution in [3.05, 3.63) is 35.9 Å². The first kappa shape index (κ1) is 17.0. The molecule has 0 aromatic heterocycles. The van der Waals surface area contributed by atoms with E-state index < -0.39 is 0 Å². The minimum absolute atomic E-state index is 0.112. The Balaban J connectivity index is 1.44. The third kappa shape index (κ3) is 3.19. The summed E-state index contributed by atoms with van der Waals surface area (Å²) in [6.45, 7) is 2.40. The Hall–Kier alpha value is -1.49. The molecule has 1 aliphatic carbocycles. The molecule has 0 radical (unpaired) electrons. The zero-order valence-corrected chi connectivity index (χ0v) is 15.5. The normalized spacial score (nSPS) is 23.4. The van der Waals surface area contributed by atoms with Crippen LogP contribution in [0.2, 0.25) is 0 Å². The highest BCUT2D eigenvalue weighted by molar-refractivity contribution is 8.00. The standard InChI is InChI=1S/C20H26N2O2S/c23-18(16-8-4-5-9-16)21-12-10-20(11-13-21)22(14-15-25-20)19(24)17-6-2-1-3-7-17/h1-3,6-7,16H,4-5,8-15H2. The number of likely N-dealkylation sites (tertiary alicyclic amines) is 1. The summed E-state index contributed by atoms with van der Waals surface area (Å²) in [6.07, 6.45) is 6.32. The molecule has 4 nitrogen and oxygen atoms in total. The van der Waals surface area contributed by atoms with Gasteiger partial charge in [0.25, 0.3) is 5.91 Å². The van der Waals surface area contributed by atoms with Crippen molar-refractivity contribution in [1.82, 2.24) is 9.80 Å². The van der Waals surface area contributed by atoms with E-state index in [1.807, 2.05) is 42.1 Å². The molecule has 0 N–H and O–H groups in total. The molecule has 3 aliphatic rings. The molecule has 0 bridgehead atoms. The number of hydrogen-bond donors (Lipinski definition) is 0. The third-order valence-corrected chi connectivity index (χ3v) is 7.56. The highest BCUT2D eigenvalue weighted by Crippen LogP contribution is 2.45. The van der Waals surface area contributed by atoms with Crippen LogP contribution in [0.4, 0.5) is 0 Å². The topological polar surface area (TPSA) is 40.6 Å². The lowest BCUT2D eigenvalue weighted by Crippen LogP contribution is -2.54. The lowest BCUT2D eigenvalue weighted by atomic mass is 9.98. The van der Waals surface area contributed by atoms with Crippen molar-refractivity contribution in [3.63, 3.8) is 0 Å². The molecule has 2 amide bonds. The minimum Gasteiger partial charge on any atom is -0.342 e. The maximum absolute atomic E-state index is 13.0. The SMILES string of the molecule is O=C(C1CCCC1)N1CCC2(CC1)SCCN2C(=O)c1ccccc1. The number of hydrogen-bond acceptors (Lipinski definition) is 3. The van der Waals surface area contributed by atoms with Crippen molar-refractivity contribution in [2.75, 3.05) is 25.4 Å². The zero-order chi connectivity index (χ0) is 17.3. The fourth-order valence-electron chi connectivity index (χ4n) is 4.55. The smallest absolute Gasteiger partial charge is 0.254 e. The van der Waals surface area contributed by atoms with Crippen molar-refractivity contribution in [1.29, 1.82) is 0 Å². The molecule has 0 unspecified atom stereocenters. The van der Waals surface area contributed by atoms with Gasteiger partial charge < -0.3 is 9.80 Å². The van der Waals surface area contributed by atoms with Gasteiger partial charge in [-0.3, -0.25) is 9.59 Å². The van der Waals surface area contributed by atoms with Crippen LogP contribution in [0, 0.1) is 5.92 Å². The molecule has 1 saturated carbocycles. The Kier molecular flexibility index (Phi) is 4.76. The van der Waals surface area contributed by atoms with Crippen molar-refractivity contribution < 1.29 is 9.59 Å². The number of benzene rings is 1. The van der Waals surface area contributed by atoms with Gasteiger partial charge in [-0.2, -0.15) is 0 Å². The summed E-state index contributed by atoms with van der Waals surface area (Å²) in [5.74, 6) is 1.75. The summed E-state index contributed by atoms with van der Waals surface area (Å²) in [4.78, 5) is 29.7. The Morgan fingerprint density at radius 3 is 2.36 bits per heavy atom. The molecule has 134 valence electrons. The van der Waals surface area contributed by atoms with Gasteiger partial charge in [0.2, 0.25) is 5.91 Å². The first-order valence-electron chi connectivity index (χ1n) is 9.49. The predicted octanol–water partition coefficient (Wildman–Crippen LogP) is 3.38. The number of thioether (sulfide) groups is 1. The molecule has 1 aromatic rings. The van der Waals surface area contributed by atoms with Crippen LogP contribution < -0.4 is 0 Å². The van der Waals surface area contributed by atoms with E-state index in [-0.39, 0.29) is 16.7 Å². The van der Waals surface area contributed by atoms with Gasteiger partial charge >= 0.3 is 0 Å².